The van der Waals surface area contributed by atoms with Crippen LogP contribution in [-0.4, -0.2) is 38.5 Å². The Morgan fingerprint density at radius 2 is 2.23 bits per heavy atom. The van der Waals surface area contributed by atoms with Gasteiger partial charge in [-0.3, -0.25) is 9.78 Å². The Kier molecular flexibility index (Phi) is 4.38. The van der Waals surface area contributed by atoms with Crippen LogP contribution in [0.3, 0.4) is 0 Å². The van der Waals surface area contributed by atoms with E-state index < -0.39 is 0 Å². The molecule has 0 radical (unpaired) electrons. The molecule has 1 aliphatic carbocycles. The van der Waals surface area contributed by atoms with Gasteiger partial charge in [-0.05, 0) is 44.4 Å². The van der Waals surface area contributed by atoms with E-state index in [2.05, 4.69) is 20.6 Å². The molecule has 1 aromatic carbocycles. The standard InChI is InChI=1S/C19H22N6O/c1-12-18(19(26)22-16-6-2-4-13(16)10-20)23-24-25(12)17-7-3-5-14-11-21-9-8-15(14)17/h3,5,7-9,11,13,16H,2,4,6,10,20H2,1H3,(H,22,26). The third kappa shape index (κ3) is 2.84. The maximum Gasteiger partial charge on any atom is 0.273 e. The van der Waals surface area contributed by atoms with Crippen LogP contribution in [0.4, 0.5) is 0 Å². The van der Waals surface area contributed by atoms with Gasteiger partial charge < -0.3 is 11.1 Å². The lowest BCUT2D eigenvalue weighted by atomic mass is 10.0. The van der Waals surface area contributed by atoms with Crippen molar-refractivity contribution < 1.29 is 4.79 Å². The number of nitrogens with zero attached hydrogens (tertiary/aromatic N) is 4. The van der Waals surface area contributed by atoms with Crippen molar-refractivity contribution in [2.24, 2.45) is 11.7 Å². The van der Waals surface area contributed by atoms with Crippen LogP contribution in [0, 0.1) is 12.8 Å². The molecule has 0 saturated heterocycles. The molecule has 0 aliphatic heterocycles. The Balaban J connectivity index is 1.65. The number of carbonyl (C=O) groups excluding carboxylic acids is 1. The van der Waals surface area contributed by atoms with Crippen molar-refractivity contribution in [3.63, 3.8) is 0 Å². The van der Waals surface area contributed by atoms with Gasteiger partial charge in [-0.25, -0.2) is 4.68 Å². The minimum Gasteiger partial charge on any atom is -0.348 e. The highest BCUT2D eigenvalue weighted by Crippen LogP contribution is 2.26. The van der Waals surface area contributed by atoms with Crippen molar-refractivity contribution in [2.45, 2.75) is 32.2 Å². The number of rotatable bonds is 4. The molecule has 2 unspecified atom stereocenters. The molecule has 3 N–H and O–H groups in total. The predicted molar refractivity (Wildman–Crippen MR) is 99.0 cm³/mol. The predicted octanol–water partition coefficient (Wildman–Crippen LogP) is 1.98. The maximum absolute atomic E-state index is 12.7. The molecule has 7 heteroatoms. The van der Waals surface area contributed by atoms with Crippen LogP contribution in [0.2, 0.25) is 0 Å². The molecule has 7 nitrogen and oxygen atoms in total. The summed E-state index contributed by atoms with van der Waals surface area (Å²) in [6.07, 6.45) is 6.70. The van der Waals surface area contributed by atoms with Crippen molar-refractivity contribution in [3.05, 3.63) is 48.0 Å². The molecule has 3 aromatic rings. The summed E-state index contributed by atoms with van der Waals surface area (Å²) in [5.74, 6) is 0.167. The number of carbonyl (C=O) groups is 1. The summed E-state index contributed by atoms with van der Waals surface area (Å²) in [6.45, 7) is 2.46. The first kappa shape index (κ1) is 16.7. The van der Waals surface area contributed by atoms with Gasteiger partial charge in [0.1, 0.15) is 0 Å². The van der Waals surface area contributed by atoms with E-state index >= 15 is 0 Å². The molecule has 2 atom stereocenters. The van der Waals surface area contributed by atoms with E-state index in [9.17, 15) is 4.79 Å². The van der Waals surface area contributed by atoms with Gasteiger partial charge in [0, 0.05) is 29.2 Å². The lowest BCUT2D eigenvalue weighted by molar-refractivity contribution is 0.0923. The quantitative estimate of drug-likeness (QED) is 0.750. The van der Waals surface area contributed by atoms with Crippen LogP contribution in [0.5, 0.6) is 0 Å². The first-order chi connectivity index (χ1) is 12.7. The van der Waals surface area contributed by atoms with E-state index in [0.29, 0.717) is 23.9 Å². The molecule has 1 amide bonds. The average molecular weight is 350 g/mol. The van der Waals surface area contributed by atoms with E-state index in [-0.39, 0.29) is 11.9 Å². The van der Waals surface area contributed by atoms with Crippen LogP contribution in [0.1, 0.15) is 35.4 Å². The number of nitrogens with one attached hydrogen (secondary N) is 1. The normalized spacial score (nSPS) is 19.8. The minimum atomic E-state index is -0.180. The fraction of sp³-hybridized carbons (Fsp3) is 0.368. The number of fused-ring (bicyclic) bond motifs is 1. The zero-order chi connectivity index (χ0) is 18.1. The smallest absolute Gasteiger partial charge is 0.273 e. The molecule has 2 aromatic heterocycles. The van der Waals surface area contributed by atoms with Crippen LogP contribution in [0.25, 0.3) is 16.5 Å². The van der Waals surface area contributed by atoms with E-state index in [1.54, 1.807) is 10.9 Å². The van der Waals surface area contributed by atoms with E-state index in [1.165, 1.54) is 0 Å². The molecule has 0 spiro atoms. The number of pyridine rings is 1. The van der Waals surface area contributed by atoms with Gasteiger partial charge in [-0.15, -0.1) is 5.10 Å². The number of benzene rings is 1. The summed E-state index contributed by atoms with van der Waals surface area (Å²) in [5, 5.41) is 13.5. The fourth-order valence-electron chi connectivity index (χ4n) is 3.80. The minimum absolute atomic E-state index is 0.126. The number of nitrogens with two attached hydrogens (primary N) is 1. The van der Waals surface area contributed by atoms with E-state index in [4.69, 9.17) is 5.73 Å². The van der Waals surface area contributed by atoms with Crippen molar-refractivity contribution >= 4 is 16.7 Å². The molecule has 0 bridgehead atoms. The van der Waals surface area contributed by atoms with Crippen LogP contribution in [-0.2, 0) is 0 Å². The van der Waals surface area contributed by atoms with Gasteiger partial charge in [0.15, 0.2) is 5.69 Å². The molecule has 2 heterocycles. The molecule has 134 valence electrons. The highest BCUT2D eigenvalue weighted by molar-refractivity contribution is 5.94. The second-order valence-corrected chi connectivity index (χ2v) is 6.82. The second-order valence-electron chi connectivity index (χ2n) is 6.82. The summed E-state index contributed by atoms with van der Waals surface area (Å²) in [6, 6.07) is 7.98. The maximum atomic E-state index is 12.7. The number of hydrogen-bond acceptors (Lipinski definition) is 5. The van der Waals surface area contributed by atoms with Crippen molar-refractivity contribution in [3.8, 4) is 5.69 Å². The molecular weight excluding hydrogens is 328 g/mol. The molecule has 1 aliphatic rings. The Morgan fingerprint density at radius 3 is 3.08 bits per heavy atom. The van der Waals surface area contributed by atoms with Gasteiger partial charge >= 0.3 is 0 Å². The van der Waals surface area contributed by atoms with Gasteiger partial charge in [-0.1, -0.05) is 23.8 Å². The highest BCUT2D eigenvalue weighted by atomic mass is 16.2. The van der Waals surface area contributed by atoms with Crippen LogP contribution >= 0.6 is 0 Å². The Bertz CT molecular complexity index is 945. The number of amides is 1. The lowest BCUT2D eigenvalue weighted by Gasteiger charge is -2.18. The summed E-state index contributed by atoms with van der Waals surface area (Å²) in [7, 11) is 0. The van der Waals surface area contributed by atoms with Crippen molar-refractivity contribution in [1.29, 1.82) is 0 Å². The van der Waals surface area contributed by atoms with Crippen LogP contribution in [0.15, 0.2) is 36.7 Å². The van der Waals surface area contributed by atoms with Gasteiger partial charge in [-0.2, -0.15) is 0 Å². The number of aromatic nitrogens is 4. The lowest BCUT2D eigenvalue weighted by Crippen LogP contribution is -2.40. The first-order valence-corrected chi connectivity index (χ1v) is 8.95. The third-order valence-electron chi connectivity index (χ3n) is 5.27. The molecule has 26 heavy (non-hydrogen) atoms. The first-order valence-electron chi connectivity index (χ1n) is 8.95. The number of hydrogen-bond donors (Lipinski definition) is 2. The Hall–Kier alpha value is -2.80. The van der Waals surface area contributed by atoms with E-state index in [0.717, 1.165) is 35.7 Å². The average Bonchev–Trinajstić information content (AvgIpc) is 3.27. The molecule has 1 fully saturated rings. The third-order valence-corrected chi connectivity index (χ3v) is 5.27. The SMILES string of the molecule is Cc1c(C(=O)NC2CCCC2CN)nnn1-c1cccc2cnccc12. The van der Waals surface area contributed by atoms with Crippen molar-refractivity contribution in [2.75, 3.05) is 6.54 Å². The molecule has 4 rings (SSSR count). The van der Waals surface area contributed by atoms with Crippen molar-refractivity contribution in [1.82, 2.24) is 25.3 Å². The summed E-state index contributed by atoms with van der Waals surface area (Å²) < 4.78 is 1.71. The molecule has 1 saturated carbocycles. The molecular formula is C19H22N6O. The zero-order valence-electron chi connectivity index (χ0n) is 14.7. The largest absolute Gasteiger partial charge is 0.348 e. The van der Waals surface area contributed by atoms with Gasteiger partial charge in [0.2, 0.25) is 0 Å². The Morgan fingerprint density at radius 1 is 1.35 bits per heavy atom. The topological polar surface area (TPSA) is 98.7 Å². The zero-order valence-corrected chi connectivity index (χ0v) is 14.7. The Labute approximate surface area is 151 Å². The van der Waals surface area contributed by atoms with Crippen LogP contribution < -0.4 is 11.1 Å². The van der Waals surface area contributed by atoms with E-state index in [1.807, 2.05) is 37.4 Å². The summed E-state index contributed by atoms with van der Waals surface area (Å²) in [4.78, 5) is 16.9. The fourth-order valence-corrected chi connectivity index (χ4v) is 3.80. The monoisotopic (exact) mass is 350 g/mol. The highest BCUT2D eigenvalue weighted by Gasteiger charge is 2.29. The van der Waals surface area contributed by atoms with Gasteiger partial charge in [0.05, 0.1) is 11.4 Å². The summed E-state index contributed by atoms with van der Waals surface area (Å²) in [5.41, 5.74) is 7.77. The second kappa shape index (κ2) is 6.84. The summed E-state index contributed by atoms with van der Waals surface area (Å²) >= 11 is 0. The van der Waals surface area contributed by atoms with Gasteiger partial charge in [0.25, 0.3) is 5.91 Å².